The molecular weight excluding hydrogens is 334 g/mol. The van der Waals surface area contributed by atoms with Crippen LogP contribution in [0.25, 0.3) is 0 Å². The first-order chi connectivity index (χ1) is 11.0. The van der Waals surface area contributed by atoms with E-state index in [4.69, 9.17) is 0 Å². The van der Waals surface area contributed by atoms with E-state index >= 15 is 0 Å². The molecule has 2 aromatic carbocycles. The van der Waals surface area contributed by atoms with E-state index in [1.807, 2.05) is 0 Å². The minimum Gasteiger partial charge on any atom is -0.299 e. The molecule has 0 saturated carbocycles. The molecule has 0 aliphatic rings. The van der Waals surface area contributed by atoms with Gasteiger partial charge in [0.2, 0.25) is 0 Å². The van der Waals surface area contributed by atoms with E-state index < -0.39 is 35.2 Å². The number of carbonyl (C=O) groups is 1. The van der Waals surface area contributed by atoms with Gasteiger partial charge in [0.15, 0.2) is 0 Å². The van der Waals surface area contributed by atoms with Crippen molar-refractivity contribution in [1.82, 2.24) is 0 Å². The maximum absolute atomic E-state index is 12.8. The molecule has 0 spiro atoms. The van der Waals surface area contributed by atoms with Gasteiger partial charge in [-0.2, -0.15) is 26.3 Å². The van der Waals surface area contributed by atoms with E-state index in [1.54, 1.807) is 0 Å². The van der Waals surface area contributed by atoms with E-state index in [2.05, 4.69) is 0 Å². The predicted octanol–water partition coefficient (Wildman–Crippen LogP) is 5.45. The Labute approximate surface area is 133 Å². The summed E-state index contributed by atoms with van der Waals surface area (Å²) in [5.41, 5.74) is -1.53. The zero-order valence-electron chi connectivity index (χ0n) is 12.4. The van der Waals surface area contributed by atoms with Crippen molar-refractivity contribution in [2.45, 2.75) is 25.2 Å². The average Bonchev–Trinajstić information content (AvgIpc) is 2.46. The normalized spacial score (nSPS) is 13.6. The van der Waals surface area contributed by atoms with Gasteiger partial charge in [0, 0.05) is 0 Å². The Morgan fingerprint density at radius 2 is 1.33 bits per heavy atom. The van der Waals surface area contributed by atoms with Crippen molar-refractivity contribution in [2.75, 3.05) is 0 Å². The molecule has 0 fully saturated rings. The van der Waals surface area contributed by atoms with Crippen molar-refractivity contribution in [3.05, 3.63) is 70.8 Å². The van der Waals surface area contributed by atoms with Gasteiger partial charge in [0.25, 0.3) is 0 Å². The summed E-state index contributed by atoms with van der Waals surface area (Å²) in [7, 11) is 0. The fourth-order valence-electron chi connectivity index (χ4n) is 2.42. The van der Waals surface area contributed by atoms with Crippen LogP contribution in [0.4, 0.5) is 26.3 Å². The van der Waals surface area contributed by atoms with Crippen LogP contribution in [0.3, 0.4) is 0 Å². The Morgan fingerprint density at radius 3 is 1.79 bits per heavy atom. The van der Waals surface area contributed by atoms with Crippen molar-refractivity contribution in [1.29, 1.82) is 0 Å². The van der Waals surface area contributed by atoms with Crippen LogP contribution in [0, 0.1) is 0 Å². The number of benzene rings is 2. The number of halogens is 6. The smallest absolute Gasteiger partial charge is 0.299 e. The highest BCUT2D eigenvalue weighted by Gasteiger charge is 2.33. The number of Topliss-reactive ketones (excluding diaryl/α,β-unsaturated/α-hetero) is 1. The Hall–Kier alpha value is -2.31. The molecule has 0 bridgehead atoms. The Bertz CT molecular complexity index is 728. The Morgan fingerprint density at radius 1 is 0.792 bits per heavy atom. The number of hydrogen-bond acceptors (Lipinski definition) is 1. The third-order valence-corrected chi connectivity index (χ3v) is 3.53. The summed E-state index contributed by atoms with van der Waals surface area (Å²) in [6.07, 6.45) is -9.10. The molecule has 1 atom stereocenters. The van der Waals surface area contributed by atoms with Crippen molar-refractivity contribution in [3.8, 4) is 0 Å². The van der Waals surface area contributed by atoms with Gasteiger partial charge in [-0.25, -0.2) is 0 Å². The highest BCUT2D eigenvalue weighted by molar-refractivity contribution is 5.87. The molecule has 0 aliphatic heterocycles. The predicted molar refractivity (Wildman–Crippen MR) is 75.4 cm³/mol. The SMILES string of the molecule is CC(=O)C(c1ccc(C(F)(F)F)cc1)c1cccc(C(F)(F)F)c1. The highest BCUT2D eigenvalue weighted by Crippen LogP contribution is 2.35. The molecule has 0 N–H and O–H groups in total. The first-order valence-corrected chi connectivity index (χ1v) is 6.85. The molecule has 1 nitrogen and oxygen atoms in total. The van der Waals surface area contributed by atoms with Crippen molar-refractivity contribution in [2.24, 2.45) is 0 Å². The lowest BCUT2D eigenvalue weighted by atomic mass is 9.87. The zero-order chi connectivity index (χ0) is 18.1. The van der Waals surface area contributed by atoms with Crippen molar-refractivity contribution in [3.63, 3.8) is 0 Å². The van der Waals surface area contributed by atoms with Crippen LogP contribution in [-0.2, 0) is 17.1 Å². The number of carbonyl (C=O) groups excluding carboxylic acids is 1. The van der Waals surface area contributed by atoms with Crippen LogP contribution >= 0.6 is 0 Å². The van der Waals surface area contributed by atoms with Gasteiger partial charge in [-0.15, -0.1) is 0 Å². The molecule has 0 radical (unpaired) electrons. The molecule has 24 heavy (non-hydrogen) atoms. The highest BCUT2D eigenvalue weighted by atomic mass is 19.4. The van der Waals surface area contributed by atoms with Gasteiger partial charge in [0.05, 0.1) is 17.0 Å². The van der Waals surface area contributed by atoms with Gasteiger partial charge in [-0.05, 0) is 36.2 Å². The molecule has 0 amide bonds. The number of alkyl halides is 6. The summed E-state index contributed by atoms with van der Waals surface area (Å²) in [6, 6.07) is 8.04. The van der Waals surface area contributed by atoms with Crippen LogP contribution < -0.4 is 0 Å². The third kappa shape index (κ3) is 3.96. The molecule has 0 aliphatic carbocycles. The molecule has 2 aromatic rings. The summed E-state index contributed by atoms with van der Waals surface area (Å²) >= 11 is 0. The monoisotopic (exact) mass is 346 g/mol. The molecular formula is C17H12F6O. The lowest BCUT2D eigenvalue weighted by molar-refractivity contribution is -0.138. The third-order valence-electron chi connectivity index (χ3n) is 3.53. The van der Waals surface area contributed by atoms with Gasteiger partial charge in [-0.1, -0.05) is 30.3 Å². The molecule has 0 heterocycles. The Balaban J connectivity index is 2.46. The number of hydrogen-bond donors (Lipinski definition) is 0. The summed E-state index contributed by atoms with van der Waals surface area (Å²) in [5.74, 6) is -1.52. The minimum atomic E-state index is -4.57. The van der Waals surface area contributed by atoms with Crippen molar-refractivity contribution >= 4 is 5.78 Å². The topological polar surface area (TPSA) is 17.1 Å². The van der Waals surface area contributed by atoms with E-state index in [0.29, 0.717) is 0 Å². The average molecular weight is 346 g/mol. The fourth-order valence-corrected chi connectivity index (χ4v) is 2.42. The quantitative estimate of drug-likeness (QED) is 0.676. The molecule has 0 aromatic heterocycles. The van der Waals surface area contributed by atoms with Crippen LogP contribution in [0.5, 0.6) is 0 Å². The van der Waals surface area contributed by atoms with Crippen LogP contribution in [0.15, 0.2) is 48.5 Å². The zero-order valence-corrected chi connectivity index (χ0v) is 12.4. The maximum Gasteiger partial charge on any atom is 0.416 e. The van der Waals surface area contributed by atoms with Crippen molar-refractivity contribution < 1.29 is 31.1 Å². The first kappa shape index (κ1) is 18.0. The Kier molecular flexibility index (Phi) is 4.73. The molecule has 2 rings (SSSR count). The van der Waals surface area contributed by atoms with E-state index in [1.165, 1.54) is 13.0 Å². The van der Waals surface area contributed by atoms with E-state index in [0.717, 1.165) is 42.5 Å². The minimum absolute atomic E-state index is 0.0806. The molecule has 7 heteroatoms. The second kappa shape index (κ2) is 6.30. The summed E-state index contributed by atoms with van der Waals surface area (Å²) < 4.78 is 76.2. The second-order valence-electron chi connectivity index (χ2n) is 5.29. The second-order valence-corrected chi connectivity index (χ2v) is 5.29. The van der Waals surface area contributed by atoms with Crippen LogP contribution in [0.2, 0.25) is 0 Å². The summed E-state index contributed by atoms with van der Waals surface area (Å²) in [4.78, 5) is 11.9. The maximum atomic E-state index is 12.8. The molecule has 1 unspecified atom stereocenters. The summed E-state index contributed by atoms with van der Waals surface area (Å²) in [6.45, 7) is 1.18. The van der Waals surface area contributed by atoms with E-state index in [9.17, 15) is 31.1 Å². The lowest BCUT2D eigenvalue weighted by Gasteiger charge is -2.17. The van der Waals surface area contributed by atoms with Crippen LogP contribution in [0.1, 0.15) is 35.1 Å². The molecule has 0 saturated heterocycles. The van der Waals surface area contributed by atoms with Crippen LogP contribution in [-0.4, -0.2) is 5.78 Å². The summed E-state index contributed by atoms with van der Waals surface area (Å²) in [5, 5.41) is 0. The fraction of sp³-hybridized carbons (Fsp3) is 0.235. The lowest BCUT2D eigenvalue weighted by Crippen LogP contribution is -2.13. The van der Waals surface area contributed by atoms with Gasteiger partial charge in [-0.3, -0.25) is 4.79 Å². The largest absolute Gasteiger partial charge is 0.416 e. The van der Waals surface area contributed by atoms with Gasteiger partial charge in [0.1, 0.15) is 5.78 Å². The first-order valence-electron chi connectivity index (χ1n) is 6.85. The number of ketones is 1. The molecule has 128 valence electrons. The number of rotatable bonds is 3. The van der Waals surface area contributed by atoms with E-state index in [-0.39, 0.29) is 11.1 Å². The standard InChI is InChI=1S/C17H12F6O/c1-10(24)15(11-5-7-13(8-6-11)16(18,19)20)12-3-2-4-14(9-12)17(21,22)23/h2-9,15H,1H3. The van der Waals surface area contributed by atoms with Gasteiger partial charge >= 0.3 is 12.4 Å². The van der Waals surface area contributed by atoms with Gasteiger partial charge < -0.3 is 0 Å².